The molecule has 166 valence electrons. The second kappa shape index (κ2) is 9.84. The fourth-order valence-electron chi connectivity index (χ4n) is 3.05. The van der Waals surface area contributed by atoms with Gasteiger partial charge in [0.15, 0.2) is 0 Å². The van der Waals surface area contributed by atoms with Crippen LogP contribution in [-0.2, 0) is 10.0 Å². The lowest BCUT2D eigenvalue weighted by Gasteiger charge is -2.23. The van der Waals surface area contributed by atoms with Gasteiger partial charge in [-0.05, 0) is 67.8 Å². The normalized spacial score (nSPS) is 11.1. The number of nitrogens with zero attached hydrogens (tertiary/aromatic N) is 2. The molecule has 3 rings (SSSR count). The number of amides is 1. The number of carbonyl (C=O) groups is 1. The van der Waals surface area contributed by atoms with Gasteiger partial charge < -0.3 is 5.32 Å². The number of anilines is 2. The smallest absolute Gasteiger partial charge is 0.271 e. The van der Waals surface area contributed by atoms with Crippen molar-refractivity contribution in [3.05, 3.63) is 88.5 Å². The summed E-state index contributed by atoms with van der Waals surface area (Å²) in [7, 11) is -3.76. The van der Waals surface area contributed by atoms with E-state index in [1.54, 1.807) is 49.4 Å². The maximum Gasteiger partial charge on any atom is 0.271 e. The maximum atomic E-state index is 13.1. The second-order valence-electron chi connectivity index (χ2n) is 6.65. The molecular weight excluding hydrogens is 450 g/mol. The summed E-state index contributed by atoms with van der Waals surface area (Å²) in [6.07, 6.45) is 1.92. The number of nitrogens with one attached hydrogen (secondary N) is 1. The molecule has 0 radical (unpaired) electrons. The van der Waals surface area contributed by atoms with E-state index in [1.165, 1.54) is 46.4 Å². The number of thioether (sulfide) groups is 1. The Morgan fingerprint density at radius 1 is 1.06 bits per heavy atom. The van der Waals surface area contributed by atoms with Crippen molar-refractivity contribution in [1.29, 1.82) is 0 Å². The van der Waals surface area contributed by atoms with Gasteiger partial charge in [-0.15, -0.1) is 11.8 Å². The van der Waals surface area contributed by atoms with Gasteiger partial charge in [-0.1, -0.05) is 6.07 Å². The quantitative estimate of drug-likeness (QED) is 0.287. The third-order valence-corrected chi connectivity index (χ3v) is 7.33. The average Bonchev–Trinajstić information content (AvgIpc) is 2.80. The van der Waals surface area contributed by atoms with Gasteiger partial charge in [-0.2, -0.15) is 0 Å². The van der Waals surface area contributed by atoms with Crippen LogP contribution >= 0.6 is 11.8 Å². The van der Waals surface area contributed by atoms with Crippen LogP contribution in [0.5, 0.6) is 0 Å². The van der Waals surface area contributed by atoms with E-state index in [2.05, 4.69) is 5.32 Å². The summed E-state index contributed by atoms with van der Waals surface area (Å²) in [4.78, 5) is 24.0. The first-order valence-corrected chi connectivity index (χ1v) is 12.3. The largest absolute Gasteiger partial charge is 0.322 e. The molecule has 0 heterocycles. The topological polar surface area (TPSA) is 110 Å². The lowest BCUT2D eigenvalue weighted by atomic mass is 10.2. The molecule has 3 aromatic carbocycles. The van der Waals surface area contributed by atoms with E-state index in [9.17, 15) is 23.3 Å². The molecule has 0 aliphatic carbocycles. The Morgan fingerprint density at radius 2 is 1.72 bits per heavy atom. The summed E-state index contributed by atoms with van der Waals surface area (Å²) in [5.74, 6) is -0.462. The highest BCUT2D eigenvalue weighted by Crippen LogP contribution is 2.26. The molecule has 0 bridgehead atoms. The second-order valence-corrected chi connectivity index (χ2v) is 9.40. The first-order valence-electron chi connectivity index (χ1n) is 9.59. The first kappa shape index (κ1) is 23.3. The Hall–Kier alpha value is -3.37. The minimum atomic E-state index is -3.76. The molecule has 1 amide bonds. The van der Waals surface area contributed by atoms with E-state index in [0.717, 1.165) is 4.90 Å². The Bertz CT molecular complexity index is 1230. The van der Waals surface area contributed by atoms with E-state index in [0.29, 0.717) is 11.4 Å². The van der Waals surface area contributed by atoms with Gasteiger partial charge in [0.05, 0.1) is 15.5 Å². The lowest BCUT2D eigenvalue weighted by Crippen LogP contribution is -2.30. The molecule has 0 fully saturated rings. The van der Waals surface area contributed by atoms with Crippen molar-refractivity contribution in [3.8, 4) is 0 Å². The van der Waals surface area contributed by atoms with E-state index in [1.807, 2.05) is 6.26 Å². The van der Waals surface area contributed by atoms with Gasteiger partial charge in [0.1, 0.15) is 0 Å². The summed E-state index contributed by atoms with van der Waals surface area (Å²) in [5.41, 5.74) is 0.874. The van der Waals surface area contributed by atoms with Crippen molar-refractivity contribution >= 4 is 44.8 Å². The zero-order valence-corrected chi connectivity index (χ0v) is 19.0. The van der Waals surface area contributed by atoms with Crippen molar-refractivity contribution in [1.82, 2.24) is 0 Å². The molecular formula is C22H21N3O5S2. The maximum absolute atomic E-state index is 13.1. The number of nitro benzene ring substituents is 1. The molecule has 0 aromatic heterocycles. The molecule has 10 heteroatoms. The molecule has 3 aromatic rings. The molecule has 1 N–H and O–H groups in total. The molecule has 0 saturated carbocycles. The first-order chi connectivity index (χ1) is 15.3. The van der Waals surface area contributed by atoms with Crippen LogP contribution in [0.1, 0.15) is 17.3 Å². The van der Waals surface area contributed by atoms with Crippen LogP contribution in [0.4, 0.5) is 17.1 Å². The predicted octanol–water partition coefficient (Wildman–Crippen LogP) is 4.78. The monoisotopic (exact) mass is 471 g/mol. The number of carbonyl (C=O) groups excluding carboxylic acids is 1. The molecule has 0 saturated heterocycles. The van der Waals surface area contributed by atoms with Crippen LogP contribution in [0, 0.1) is 10.1 Å². The van der Waals surface area contributed by atoms with E-state index in [-0.39, 0.29) is 22.7 Å². The summed E-state index contributed by atoms with van der Waals surface area (Å²) >= 11 is 1.53. The standard InChI is InChI=1S/C22H21N3O5S2/c1-3-24(32(29,30)21-13-11-20(31-2)12-14-21)18-9-7-16(8-10-18)22(26)23-17-5-4-6-19(15-17)25(27)28/h4-15H,3H2,1-2H3,(H,23,26). The molecule has 0 aliphatic rings. The average molecular weight is 472 g/mol. The van der Waals surface area contributed by atoms with Gasteiger partial charge in [0.2, 0.25) is 0 Å². The number of nitro groups is 1. The molecule has 0 aliphatic heterocycles. The third kappa shape index (κ3) is 5.09. The zero-order chi connectivity index (χ0) is 23.3. The van der Waals surface area contributed by atoms with Gasteiger partial charge in [0, 0.05) is 34.8 Å². The van der Waals surface area contributed by atoms with Crippen LogP contribution < -0.4 is 9.62 Å². The SMILES string of the molecule is CCN(c1ccc(C(=O)Nc2cccc([N+](=O)[O-])c2)cc1)S(=O)(=O)c1ccc(SC)cc1. The van der Waals surface area contributed by atoms with Gasteiger partial charge >= 0.3 is 0 Å². The number of hydrogen-bond donors (Lipinski definition) is 1. The summed E-state index contributed by atoms with van der Waals surface area (Å²) in [6, 6.07) is 18.4. The van der Waals surface area contributed by atoms with E-state index in [4.69, 9.17) is 0 Å². The number of non-ortho nitro benzene ring substituents is 1. The Kier molecular flexibility index (Phi) is 7.16. The van der Waals surface area contributed by atoms with E-state index >= 15 is 0 Å². The zero-order valence-electron chi connectivity index (χ0n) is 17.4. The van der Waals surface area contributed by atoms with Crippen LogP contribution in [0.25, 0.3) is 0 Å². The fraction of sp³-hybridized carbons (Fsp3) is 0.136. The summed E-state index contributed by atoms with van der Waals surface area (Å²) in [6.45, 7) is 1.95. The Labute approximate surface area is 190 Å². The Balaban J connectivity index is 1.80. The van der Waals surface area contributed by atoms with Gasteiger partial charge in [-0.3, -0.25) is 19.2 Å². The van der Waals surface area contributed by atoms with Crippen molar-refractivity contribution in [2.75, 3.05) is 22.4 Å². The van der Waals surface area contributed by atoms with E-state index < -0.39 is 20.9 Å². The fourth-order valence-corrected chi connectivity index (χ4v) is 4.93. The minimum Gasteiger partial charge on any atom is -0.322 e. The lowest BCUT2D eigenvalue weighted by molar-refractivity contribution is -0.384. The Morgan fingerprint density at radius 3 is 2.28 bits per heavy atom. The highest BCUT2D eigenvalue weighted by atomic mass is 32.2. The summed E-state index contributed by atoms with van der Waals surface area (Å²) < 4.78 is 27.5. The van der Waals surface area contributed by atoms with Crippen LogP contribution in [-0.4, -0.2) is 32.0 Å². The van der Waals surface area contributed by atoms with Crippen molar-refractivity contribution in [2.24, 2.45) is 0 Å². The number of sulfonamides is 1. The van der Waals surface area contributed by atoms with Crippen LogP contribution in [0.2, 0.25) is 0 Å². The number of hydrogen-bond acceptors (Lipinski definition) is 6. The minimum absolute atomic E-state index is 0.132. The highest BCUT2D eigenvalue weighted by Gasteiger charge is 2.23. The van der Waals surface area contributed by atoms with Crippen molar-refractivity contribution in [2.45, 2.75) is 16.7 Å². The molecule has 0 spiro atoms. The highest BCUT2D eigenvalue weighted by molar-refractivity contribution is 7.98. The molecule has 0 atom stereocenters. The van der Waals surface area contributed by atoms with Crippen LogP contribution in [0.15, 0.2) is 82.6 Å². The third-order valence-electron chi connectivity index (χ3n) is 4.67. The van der Waals surface area contributed by atoms with Gasteiger partial charge in [-0.25, -0.2) is 8.42 Å². The molecule has 0 unspecified atom stereocenters. The van der Waals surface area contributed by atoms with Gasteiger partial charge in [0.25, 0.3) is 21.6 Å². The van der Waals surface area contributed by atoms with Crippen molar-refractivity contribution < 1.29 is 18.1 Å². The predicted molar refractivity (Wildman–Crippen MR) is 126 cm³/mol. The summed E-state index contributed by atoms with van der Waals surface area (Å²) in [5, 5.41) is 13.5. The van der Waals surface area contributed by atoms with Crippen molar-refractivity contribution in [3.63, 3.8) is 0 Å². The number of rotatable bonds is 8. The number of benzene rings is 3. The van der Waals surface area contributed by atoms with Crippen LogP contribution in [0.3, 0.4) is 0 Å². The molecule has 8 nitrogen and oxygen atoms in total. The molecule has 32 heavy (non-hydrogen) atoms.